The number of rotatable bonds is 18. The van der Waals surface area contributed by atoms with Crippen LogP contribution in [0.2, 0.25) is 11.1 Å². The van der Waals surface area contributed by atoms with Crippen molar-refractivity contribution in [3.8, 4) is 22.6 Å². The van der Waals surface area contributed by atoms with E-state index in [-0.39, 0.29) is 34.8 Å². The monoisotopic (exact) mass is 959 g/mol. The smallest absolute Gasteiger partial charge is 0.280 e. The molecule has 360 valence electrons. The molecule has 0 spiro atoms. The first-order chi connectivity index (χ1) is 33.8. The minimum Gasteiger partial charge on any atom is -0.497 e. The highest BCUT2D eigenvalue weighted by atomic mass is 28.4. The lowest BCUT2D eigenvalue weighted by atomic mass is 9.80. The summed E-state index contributed by atoms with van der Waals surface area (Å²) in [7, 11) is 0.381. The molecule has 0 saturated carbocycles. The molecular formula is C53H57N9O7Si. The zero-order valence-electron chi connectivity index (χ0n) is 40.0. The molecule has 70 heavy (non-hydrogen) atoms. The number of amides is 1. The second-order valence-electron chi connectivity index (χ2n) is 18.2. The van der Waals surface area contributed by atoms with Crippen LogP contribution < -0.4 is 31.7 Å². The fraction of sp³-hybridized carbons (Fsp3) is 0.283. The molecule has 5 N–H and O–H groups in total. The van der Waals surface area contributed by atoms with Gasteiger partial charge in [-0.1, -0.05) is 136 Å². The summed E-state index contributed by atoms with van der Waals surface area (Å²) < 4.78 is 36.9. The number of H-pyrrole nitrogens is 1. The van der Waals surface area contributed by atoms with E-state index < -0.39 is 43.8 Å². The van der Waals surface area contributed by atoms with Gasteiger partial charge in [0.2, 0.25) is 14.3 Å². The van der Waals surface area contributed by atoms with Crippen LogP contribution in [0.25, 0.3) is 22.3 Å². The van der Waals surface area contributed by atoms with E-state index in [1.807, 2.05) is 78.9 Å². The Morgan fingerprint density at radius 2 is 1.41 bits per heavy atom. The van der Waals surface area contributed by atoms with Gasteiger partial charge in [0.1, 0.15) is 29.4 Å². The number of methoxy groups -OCH3 is 2. The molecule has 4 heterocycles. The van der Waals surface area contributed by atoms with Gasteiger partial charge in [0, 0.05) is 6.42 Å². The van der Waals surface area contributed by atoms with E-state index in [1.54, 1.807) is 36.0 Å². The molecule has 8 aromatic rings. The average Bonchev–Trinajstić information content (AvgIpc) is 4.13. The quantitative estimate of drug-likeness (QED) is 0.0565. The van der Waals surface area contributed by atoms with Crippen LogP contribution in [0.5, 0.6) is 11.5 Å². The Hall–Kier alpha value is -7.44. The molecule has 5 aromatic carbocycles. The second kappa shape index (κ2) is 19.9. The molecule has 1 amide bonds. The lowest BCUT2D eigenvalue weighted by Crippen LogP contribution is -2.59. The number of hydrogen-bond acceptors (Lipinski definition) is 12. The predicted octanol–water partition coefficient (Wildman–Crippen LogP) is 7.48. The third-order valence-electron chi connectivity index (χ3n) is 13.4. The van der Waals surface area contributed by atoms with Gasteiger partial charge in [-0.25, -0.2) is 9.67 Å². The fourth-order valence-corrected chi connectivity index (χ4v) is 14.7. The number of benzene rings is 5. The van der Waals surface area contributed by atoms with E-state index in [4.69, 9.17) is 34.8 Å². The fourth-order valence-electron chi connectivity index (χ4n) is 9.91. The number of hydrogen-bond donors (Lipinski definition) is 3. The van der Waals surface area contributed by atoms with Crippen molar-refractivity contribution in [2.45, 2.75) is 75.8 Å². The molecule has 1 aliphatic heterocycles. The third-order valence-corrected chi connectivity index (χ3v) is 18.8. The summed E-state index contributed by atoms with van der Waals surface area (Å²) in [5.41, 5.74) is 16.6. The number of nitrogens with zero attached hydrogens (tertiary/aromatic N) is 6. The number of nitrogens with two attached hydrogens (primary N) is 2. The molecule has 1 fully saturated rings. The molecule has 0 bridgehead atoms. The summed E-state index contributed by atoms with van der Waals surface area (Å²) in [5, 5.41) is 9.04. The van der Waals surface area contributed by atoms with Crippen molar-refractivity contribution in [2.24, 2.45) is 5.73 Å². The van der Waals surface area contributed by atoms with Crippen LogP contribution in [0.3, 0.4) is 0 Å². The minimum atomic E-state index is -2.92. The SMILES string of the molecule is COc1ccc(C(OC[C@H]2O[C@@H](n3cnc4c(=O)[nH]c(N)nc43)C[C@@H]2O[Si](c2ccc(-c3ccc(Cn4cc(C(N)=O)nn4)cc3)cc2)(C(C)C)C(C)C)(c2ccccc2)c2ccc(OC)cc2)cc1. The van der Waals surface area contributed by atoms with E-state index in [2.05, 4.69) is 101 Å². The minimum absolute atomic E-state index is 0.0195. The number of nitrogen functional groups attached to an aromatic ring is 1. The van der Waals surface area contributed by atoms with Crippen molar-refractivity contribution in [2.75, 3.05) is 26.6 Å². The molecular weight excluding hydrogens is 903 g/mol. The molecule has 1 saturated heterocycles. The number of imidazole rings is 1. The number of aromatic amines is 1. The number of primary amides is 1. The first kappa shape index (κ1) is 47.6. The van der Waals surface area contributed by atoms with E-state index in [1.165, 1.54) is 0 Å². The van der Waals surface area contributed by atoms with E-state index in [9.17, 15) is 9.59 Å². The largest absolute Gasteiger partial charge is 0.497 e. The van der Waals surface area contributed by atoms with Crippen LogP contribution in [0.15, 0.2) is 145 Å². The highest BCUT2D eigenvalue weighted by molar-refractivity contribution is 6.88. The summed E-state index contributed by atoms with van der Waals surface area (Å²) in [4.78, 5) is 36.0. The Kier molecular flexibility index (Phi) is 13.5. The predicted molar refractivity (Wildman–Crippen MR) is 269 cm³/mol. The van der Waals surface area contributed by atoms with Crippen molar-refractivity contribution in [1.82, 2.24) is 34.5 Å². The van der Waals surface area contributed by atoms with Gasteiger partial charge < -0.3 is 34.8 Å². The van der Waals surface area contributed by atoms with Crippen molar-refractivity contribution in [1.29, 1.82) is 0 Å². The van der Waals surface area contributed by atoms with E-state index >= 15 is 0 Å². The summed E-state index contributed by atoms with van der Waals surface area (Å²) in [6, 6.07) is 43.0. The Morgan fingerprint density at radius 1 is 0.829 bits per heavy atom. The van der Waals surface area contributed by atoms with Crippen LogP contribution in [0, 0.1) is 0 Å². The Labute approximate surface area is 406 Å². The van der Waals surface area contributed by atoms with Gasteiger partial charge in [-0.15, -0.1) is 5.10 Å². The molecule has 9 rings (SSSR count). The Morgan fingerprint density at radius 3 is 1.97 bits per heavy atom. The normalized spacial score (nSPS) is 16.3. The number of ether oxygens (including phenoxy) is 4. The van der Waals surface area contributed by atoms with Crippen LogP contribution in [-0.2, 0) is 26.0 Å². The Bertz CT molecular complexity index is 3070. The van der Waals surface area contributed by atoms with Gasteiger partial charge in [-0.05, 0) is 73.9 Å². The van der Waals surface area contributed by atoms with Crippen LogP contribution in [0.4, 0.5) is 5.95 Å². The highest BCUT2D eigenvalue weighted by Crippen LogP contribution is 2.45. The second-order valence-corrected chi connectivity index (χ2v) is 22.9. The lowest BCUT2D eigenvalue weighted by Gasteiger charge is -2.42. The number of aromatic nitrogens is 7. The highest BCUT2D eigenvalue weighted by Gasteiger charge is 2.51. The summed E-state index contributed by atoms with van der Waals surface area (Å²) in [6.07, 6.45) is 1.82. The zero-order chi connectivity index (χ0) is 49.2. The summed E-state index contributed by atoms with van der Waals surface area (Å²) in [6.45, 7) is 9.53. The van der Waals surface area contributed by atoms with Crippen LogP contribution in [-0.4, -0.2) is 81.8 Å². The van der Waals surface area contributed by atoms with Crippen molar-refractivity contribution in [3.05, 3.63) is 178 Å². The molecule has 3 aromatic heterocycles. The average molecular weight is 960 g/mol. The van der Waals surface area contributed by atoms with Gasteiger partial charge >= 0.3 is 0 Å². The molecule has 1 aliphatic rings. The molecule has 3 atom stereocenters. The topological polar surface area (TPSA) is 210 Å². The van der Waals surface area contributed by atoms with E-state index in [0.717, 1.165) is 38.6 Å². The first-order valence-electron chi connectivity index (χ1n) is 23.3. The van der Waals surface area contributed by atoms with E-state index in [0.29, 0.717) is 30.1 Å². The van der Waals surface area contributed by atoms with Gasteiger partial charge in [-0.3, -0.25) is 19.1 Å². The van der Waals surface area contributed by atoms with Crippen molar-refractivity contribution >= 4 is 36.5 Å². The standard InChI is InChI=1S/C53H57N9O7Si/c1-33(2)70(34(3)4,43-26-16-37(17-27-43)36-14-12-35(13-15-36)29-61-30-44(49(54)63)59-60-61)69-45-28-47(62-32-56-48-50(62)57-52(55)58-51(48)64)68-46(45)31-67-53(38-10-8-7-9-11-38,39-18-22-41(65-5)23-19-39)40-20-24-42(66-6)25-21-40/h7-27,30,32-34,45-47H,28-29,31H2,1-6H3,(H2,54,63)(H3,55,57,58,64)/t45-,46+,47+/m0/s1. The zero-order valence-corrected chi connectivity index (χ0v) is 41.0. The maximum absolute atomic E-state index is 13.0. The number of nitrogens with one attached hydrogen (secondary N) is 1. The van der Waals surface area contributed by atoms with Crippen molar-refractivity contribution < 1.29 is 28.2 Å². The molecule has 17 heteroatoms. The van der Waals surface area contributed by atoms with Crippen LogP contribution >= 0.6 is 0 Å². The van der Waals surface area contributed by atoms with Crippen molar-refractivity contribution in [3.63, 3.8) is 0 Å². The number of anilines is 1. The molecule has 16 nitrogen and oxygen atoms in total. The first-order valence-corrected chi connectivity index (χ1v) is 25.3. The lowest BCUT2D eigenvalue weighted by molar-refractivity contribution is -0.0913. The molecule has 0 unspecified atom stereocenters. The van der Waals surface area contributed by atoms with Gasteiger partial charge in [0.25, 0.3) is 11.5 Å². The number of fused-ring (bicyclic) bond motifs is 1. The number of carbonyl (C=O) groups is 1. The third kappa shape index (κ3) is 9.11. The summed E-state index contributed by atoms with van der Waals surface area (Å²) >= 11 is 0. The van der Waals surface area contributed by atoms with Gasteiger partial charge in [0.15, 0.2) is 16.9 Å². The molecule has 0 aliphatic carbocycles. The Balaban J connectivity index is 1.08. The number of carbonyl (C=O) groups excluding carboxylic acids is 1. The van der Waals surface area contributed by atoms with Gasteiger partial charge in [-0.2, -0.15) is 4.98 Å². The van der Waals surface area contributed by atoms with Crippen LogP contribution in [0.1, 0.15) is 73.1 Å². The summed E-state index contributed by atoms with van der Waals surface area (Å²) in [5.74, 6) is 0.795. The molecule has 0 radical (unpaired) electrons. The maximum Gasteiger partial charge on any atom is 0.280 e. The van der Waals surface area contributed by atoms with Gasteiger partial charge in [0.05, 0.1) is 46.0 Å². The maximum atomic E-state index is 13.0.